The molecule has 1 saturated heterocycles. The Kier molecular flexibility index (Phi) is 5.72. The number of rotatable bonds is 5. The molecule has 6 nitrogen and oxygen atoms in total. The summed E-state index contributed by atoms with van der Waals surface area (Å²) in [5, 5.41) is 6.44. The second kappa shape index (κ2) is 8.75. The molecule has 0 unspecified atom stereocenters. The largest absolute Gasteiger partial charge is 0.495 e. The van der Waals surface area contributed by atoms with Crippen molar-refractivity contribution in [2.45, 2.75) is 6.04 Å². The Balaban J connectivity index is 1.44. The van der Waals surface area contributed by atoms with E-state index in [1.165, 1.54) is 5.56 Å². The van der Waals surface area contributed by atoms with E-state index in [1.807, 2.05) is 42.5 Å². The molecule has 1 aliphatic heterocycles. The molecule has 0 radical (unpaired) electrons. The summed E-state index contributed by atoms with van der Waals surface area (Å²) in [6.45, 7) is 2.60. The number of methoxy groups -OCH3 is 1. The summed E-state index contributed by atoms with van der Waals surface area (Å²) in [5.74, 6) is 1.29. The molecule has 0 saturated carbocycles. The second-order valence-electron chi connectivity index (χ2n) is 6.92. The molecule has 1 aromatic heterocycles. The Bertz CT molecular complexity index is 960. The van der Waals surface area contributed by atoms with Crippen LogP contribution < -0.4 is 20.3 Å². The van der Waals surface area contributed by atoms with Gasteiger partial charge in [0.15, 0.2) is 0 Å². The number of aromatic nitrogens is 1. The first-order valence-corrected chi connectivity index (χ1v) is 9.68. The van der Waals surface area contributed by atoms with Crippen molar-refractivity contribution in [3.8, 4) is 5.75 Å². The molecule has 1 aliphatic rings. The maximum absolute atomic E-state index is 12.6. The molecule has 1 atom stereocenters. The van der Waals surface area contributed by atoms with Crippen molar-refractivity contribution in [3.63, 3.8) is 0 Å². The Hall–Kier alpha value is -3.38. The van der Waals surface area contributed by atoms with Crippen LogP contribution in [-0.2, 0) is 0 Å². The third kappa shape index (κ3) is 4.38. The summed E-state index contributed by atoms with van der Waals surface area (Å²) in [4.78, 5) is 19.4. The molecular formula is C23H24N4O2. The lowest BCUT2D eigenvalue weighted by Gasteiger charge is -2.34. The minimum Gasteiger partial charge on any atom is -0.495 e. The highest BCUT2D eigenvalue weighted by atomic mass is 16.5. The number of carbonyl (C=O) groups is 1. The average molecular weight is 388 g/mol. The molecule has 1 amide bonds. The van der Waals surface area contributed by atoms with Crippen LogP contribution in [0.25, 0.3) is 0 Å². The normalized spacial score (nSPS) is 16.3. The first-order valence-electron chi connectivity index (χ1n) is 9.68. The number of ether oxygens (including phenoxy) is 1. The minimum absolute atomic E-state index is 0.212. The Labute approximate surface area is 170 Å². The summed E-state index contributed by atoms with van der Waals surface area (Å²) in [6.07, 6.45) is 1.62. The van der Waals surface area contributed by atoms with Crippen LogP contribution in [0.4, 0.5) is 11.5 Å². The van der Waals surface area contributed by atoms with E-state index >= 15 is 0 Å². The Morgan fingerprint density at radius 3 is 2.66 bits per heavy atom. The van der Waals surface area contributed by atoms with Crippen molar-refractivity contribution >= 4 is 17.4 Å². The molecule has 0 aliphatic carbocycles. The predicted molar refractivity (Wildman–Crippen MR) is 115 cm³/mol. The second-order valence-corrected chi connectivity index (χ2v) is 6.92. The van der Waals surface area contributed by atoms with Gasteiger partial charge in [-0.1, -0.05) is 42.5 Å². The number of para-hydroxylation sites is 2. The molecule has 2 aromatic carbocycles. The third-order valence-corrected chi connectivity index (χ3v) is 5.07. The highest BCUT2D eigenvalue weighted by Crippen LogP contribution is 2.24. The fourth-order valence-corrected chi connectivity index (χ4v) is 3.52. The lowest BCUT2D eigenvalue weighted by molar-refractivity contribution is 0.102. The van der Waals surface area contributed by atoms with E-state index < -0.39 is 0 Å². The average Bonchev–Trinajstić information content (AvgIpc) is 2.80. The van der Waals surface area contributed by atoms with Crippen molar-refractivity contribution in [2.24, 2.45) is 0 Å². The summed E-state index contributed by atoms with van der Waals surface area (Å²) < 4.78 is 5.28. The number of nitrogens with zero attached hydrogens (tertiary/aromatic N) is 2. The molecule has 3 aromatic rings. The van der Waals surface area contributed by atoms with Crippen LogP contribution in [0.5, 0.6) is 5.75 Å². The van der Waals surface area contributed by atoms with Crippen molar-refractivity contribution in [2.75, 3.05) is 37.0 Å². The molecule has 0 spiro atoms. The van der Waals surface area contributed by atoms with Gasteiger partial charge in [-0.25, -0.2) is 4.98 Å². The van der Waals surface area contributed by atoms with Gasteiger partial charge in [-0.05, 0) is 29.8 Å². The zero-order chi connectivity index (χ0) is 20.1. The number of hydrogen-bond acceptors (Lipinski definition) is 5. The van der Waals surface area contributed by atoms with Crippen molar-refractivity contribution in [1.82, 2.24) is 10.3 Å². The van der Waals surface area contributed by atoms with Crippen LogP contribution in [0.3, 0.4) is 0 Å². The van der Waals surface area contributed by atoms with E-state index in [-0.39, 0.29) is 11.9 Å². The van der Waals surface area contributed by atoms with Gasteiger partial charge in [-0.2, -0.15) is 0 Å². The van der Waals surface area contributed by atoms with E-state index in [0.717, 1.165) is 25.5 Å². The van der Waals surface area contributed by atoms with E-state index in [4.69, 9.17) is 4.74 Å². The smallest absolute Gasteiger partial charge is 0.257 e. The fourth-order valence-electron chi connectivity index (χ4n) is 3.52. The number of benzene rings is 2. The molecule has 29 heavy (non-hydrogen) atoms. The summed E-state index contributed by atoms with van der Waals surface area (Å²) >= 11 is 0. The molecule has 4 rings (SSSR count). The van der Waals surface area contributed by atoms with Gasteiger partial charge in [0, 0.05) is 31.9 Å². The molecule has 2 N–H and O–H groups in total. The van der Waals surface area contributed by atoms with Crippen molar-refractivity contribution in [1.29, 1.82) is 0 Å². The summed E-state index contributed by atoms with van der Waals surface area (Å²) in [7, 11) is 1.58. The highest BCUT2D eigenvalue weighted by molar-refractivity contribution is 6.04. The quantitative estimate of drug-likeness (QED) is 0.700. The van der Waals surface area contributed by atoms with Gasteiger partial charge < -0.3 is 20.3 Å². The molecule has 2 heterocycles. The fraction of sp³-hybridized carbons (Fsp3) is 0.217. The number of amides is 1. The topological polar surface area (TPSA) is 66.5 Å². The third-order valence-electron chi connectivity index (χ3n) is 5.07. The zero-order valence-electron chi connectivity index (χ0n) is 16.3. The van der Waals surface area contributed by atoms with Crippen LogP contribution >= 0.6 is 0 Å². The van der Waals surface area contributed by atoms with Gasteiger partial charge in [0.1, 0.15) is 11.6 Å². The minimum atomic E-state index is -0.212. The molecule has 148 valence electrons. The van der Waals surface area contributed by atoms with E-state index in [0.29, 0.717) is 17.0 Å². The number of anilines is 2. The predicted octanol–water partition coefficient (Wildman–Crippen LogP) is 3.49. The van der Waals surface area contributed by atoms with Gasteiger partial charge in [0.05, 0.1) is 18.4 Å². The van der Waals surface area contributed by atoms with Crippen LogP contribution in [0.15, 0.2) is 72.9 Å². The van der Waals surface area contributed by atoms with E-state index in [9.17, 15) is 4.79 Å². The molecule has 0 bridgehead atoms. The van der Waals surface area contributed by atoms with Crippen molar-refractivity contribution in [3.05, 3.63) is 84.1 Å². The monoisotopic (exact) mass is 388 g/mol. The van der Waals surface area contributed by atoms with Crippen LogP contribution in [0.2, 0.25) is 0 Å². The molecule has 1 fully saturated rings. The van der Waals surface area contributed by atoms with E-state index in [1.54, 1.807) is 13.3 Å². The van der Waals surface area contributed by atoms with Crippen LogP contribution in [-0.4, -0.2) is 37.6 Å². The van der Waals surface area contributed by atoms with Crippen LogP contribution in [0, 0.1) is 0 Å². The highest BCUT2D eigenvalue weighted by Gasteiger charge is 2.21. The standard InChI is InChI=1S/C23H24N4O2/c1-29-21-10-6-5-9-19(21)26-23(28)18-11-12-22(25-15-18)27-14-13-24-20(16-27)17-7-3-2-4-8-17/h2-12,15,20,24H,13-14,16H2,1H3,(H,26,28)/t20-/m0/s1. The first-order chi connectivity index (χ1) is 14.2. The van der Waals surface area contributed by atoms with E-state index in [2.05, 4.69) is 44.8 Å². The molecule has 6 heteroatoms. The maximum atomic E-state index is 12.6. The first kappa shape index (κ1) is 19.0. The number of nitrogens with one attached hydrogen (secondary N) is 2. The van der Waals surface area contributed by atoms with Gasteiger partial charge in [-0.3, -0.25) is 4.79 Å². The summed E-state index contributed by atoms with van der Waals surface area (Å²) in [5.41, 5.74) is 2.41. The zero-order valence-corrected chi connectivity index (χ0v) is 16.3. The lowest BCUT2D eigenvalue weighted by atomic mass is 10.0. The van der Waals surface area contributed by atoms with Crippen molar-refractivity contribution < 1.29 is 9.53 Å². The maximum Gasteiger partial charge on any atom is 0.257 e. The number of pyridine rings is 1. The molecular weight excluding hydrogens is 364 g/mol. The SMILES string of the molecule is COc1ccccc1NC(=O)c1ccc(N2CCN[C@H](c3ccccc3)C2)nc1. The summed E-state index contributed by atoms with van der Waals surface area (Å²) in [6, 6.07) is 21.7. The number of hydrogen-bond donors (Lipinski definition) is 2. The number of carbonyl (C=O) groups excluding carboxylic acids is 1. The van der Waals surface area contributed by atoms with Gasteiger partial charge >= 0.3 is 0 Å². The van der Waals surface area contributed by atoms with Crippen LogP contribution in [0.1, 0.15) is 22.0 Å². The number of piperazine rings is 1. The lowest BCUT2D eigenvalue weighted by Crippen LogP contribution is -2.46. The Morgan fingerprint density at radius 2 is 1.90 bits per heavy atom. The van der Waals surface area contributed by atoms with Gasteiger partial charge in [0.2, 0.25) is 0 Å². The van der Waals surface area contributed by atoms with Gasteiger partial charge in [0.25, 0.3) is 5.91 Å². The Morgan fingerprint density at radius 1 is 1.10 bits per heavy atom. The van der Waals surface area contributed by atoms with Gasteiger partial charge in [-0.15, -0.1) is 0 Å².